The van der Waals surface area contributed by atoms with E-state index in [4.69, 9.17) is 12.2 Å². The fourth-order valence-corrected chi connectivity index (χ4v) is 1.16. The number of nitrogens with zero attached hydrogens (tertiary/aromatic N) is 1. The first-order chi connectivity index (χ1) is 4.63. The highest BCUT2D eigenvalue weighted by molar-refractivity contribution is 7.71. The summed E-state index contributed by atoms with van der Waals surface area (Å²) in [4.78, 5) is 3.00. The van der Waals surface area contributed by atoms with Crippen LogP contribution in [-0.2, 0) is 7.05 Å². The lowest BCUT2D eigenvalue weighted by Gasteiger charge is -2.03. The van der Waals surface area contributed by atoms with Crippen LogP contribution in [-0.4, -0.2) is 9.55 Å². The molecule has 3 heteroatoms. The number of nitrogens with one attached hydrogen (secondary N) is 1. The Morgan fingerprint density at radius 2 is 2.20 bits per heavy atom. The molecule has 1 aromatic heterocycles. The smallest absolute Gasteiger partial charge is 0.177 e. The second-order valence-corrected chi connectivity index (χ2v) is 3.12. The van der Waals surface area contributed by atoms with Crippen LogP contribution in [0.15, 0.2) is 6.20 Å². The van der Waals surface area contributed by atoms with Crippen molar-refractivity contribution < 1.29 is 0 Å². The lowest BCUT2D eigenvalue weighted by molar-refractivity contribution is 0.734. The lowest BCUT2D eigenvalue weighted by atomic mass is 10.1. The number of aromatic nitrogens is 2. The minimum atomic E-state index is 0.540. The molecule has 1 N–H and O–H groups in total. The number of hydrogen-bond donors (Lipinski definition) is 1. The Morgan fingerprint density at radius 3 is 2.40 bits per heavy atom. The van der Waals surface area contributed by atoms with Gasteiger partial charge in [0.25, 0.3) is 0 Å². The summed E-state index contributed by atoms with van der Waals surface area (Å²) < 4.78 is 2.80. The summed E-state index contributed by atoms with van der Waals surface area (Å²) in [5.74, 6) is 0.540. The van der Waals surface area contributed by atoms with Crippen LogP contribution in [0.2, 0.25) is 0 Å². The Morgan fingerprint density at radius 1 is 1.60 bits per heavy atom. The first-order valence-electron chi connectivity index (χ1n) is 3.37. The monoisotopic (exact) mass is 156 g/mol. The van der Waals surface area contributed by atoms with Gasteiger partial charge in [-0.25, -0.2) is 0 Å². The van der Waals surface area contributed by atoms with Gasteiger partial charge in [-0.15, -0.1) is 0 Å². The molecule has 1 aromatic rings. The second kappa shape index (κ2) is 2.58. The van der Waals surface area contributed by atoms with Crippen LogP contribution in [0.5, 0.6) is 0 Å². The summed E-state index contributed by atoms with van der Waals surface area (Å²) in [5, 5.41) is 0. The predicted octanol–water partition coefficient (Wildman–Crippen LogP) is 2.21. The van der Waals surface area contributed by atoms with Crippen molar-refractivity contribution >= 4 is 12.2 Å². The highest BCUT2D eigenvalue weighted by atomic mass is 32.1. The molecular weight excluding hydrogens is 144 g/mol. The molecule has 1 rings (SSSR count). The molecule has 0 spiro atoms. The summed E-state index contributed by atoms with van der Waals surface area (Å²) in [7, 11) is 1.98. The average molecular weight is 156 g/mol. The summed E-state index contributed by atoms with van der Waals surface area (Å²) in [6.45, 7) is 4.30. The predicted molar refractivity (Wildman–Crippen MR) is 44.7 cm³/mol. The topological polar surface area (TPSA) is 20.7 Å². The molecular formula is C7H12N2S. The number of rotatable bonds is 1. The zero-order chi connectivity index (χ0) is 7.72. The summed E-state index contributed by atoms with van der Waals surface area (Å²) in [6.07, 6.45) is 1.97. The van der Waals surface area contributed by atoms with Crippen LogP contribution in [0.1, 0.15) is 25.5 Å². The Hall–Kier alpha value is -0.570. The maximum Gasteiger partial charge on any atom is 0.177 e. The molecule has 0 aromatic carbocycles. The molecule has 56 valence electrons. The Bertz CT molecular complexity index is 269. The standard InChI is InChI=1S/C7H12N2S/c1-5(2)6-4-8-7(10)9(6)3/h4-5H,1-3H3,(H,8,10). The van der Waals surface area contributed by atoms with Gasteiger partial charge < -0.3 is 9.55 Å². The molecule has 0 radical (unpaired) electrons. The second-order valence-electron chi connectivity index (χ2n) is 2.73. The summed E-state index contributed by atoms with van der Waals surface area (Å²) >= 11 is 5.00. The van der Waals surface area contributed by atoms with Crippen molar-refractivity contribution in [3.05, 3.63) is 16.7 Å². The fourth-order valence-electron chi connectivity index (χ4n) is 1.00. The normalized spacial score (nSPS) is 10.8. The number of H-pyrrole nitrogens is 1. The number of hydrogen-bond acceptors (Lipinski definition) is 1. The van der Waals surface area contributed by atoms with E-state index in [0.717, 1.165) is 4.77 Å². The molecule has 0 aliphatic heterocycles. The molecule has 0 aliphatic rings. The van der Waals surface area contributed by atoms with Crippen LogP contribution in [0.3, 0.4) is 0 Å². The van der Waals surface area contributed by atoms with E-state index in [1.54, 1.807) is 0 Å². The minimum absolute atomic E-state index is 0.540. The summed E-state index contributed by atoms with van der Waals surface area (Å²) in [6, 6.07) is 0. The average Bonchev–Trinajstić information content (AvgIpc) is 2.14. The molecule has 0 aliphatic carbocycles. The van der Waals surface area contributed by atoms with Crippen molar-refractivity contribution in [3.63, 3.8) is 0 Å². The molecule has 0 unspecified atom stereocenters. The molecule has 0 saturated heterocycles. The van der Waals surface area contributed by atoms with Gasteiger partial charge in [0.1, 0.15) is 0 Å². The van der Waals surface area contributed by atoms with Crippen LogP contribution < -0.4 is 0 Å². The van der Waals surface area contributed by atoms with Gasteiger partial charge in [-0.05, 0) is 18.1 Å². The van der Waals surface area contributed by atoms with E-state index in [-0.39, 0.29) is 0 Å². The zero-order valence-corrected chi connectivity index (χ0v) is 7.33. The van der Waals surface area contributed by atoms with Crippen LogP contribution in [0.4, 0.5) is 0 Å². The molecule has 2 nitrogen and oxygen atoms in total. The number of aromatic amines is 1. The van der Waals surface area contributed by atoms with E-state index >= 15 is 0 Å². The molecule has 0 fully saturated rings. The van der Waals surface area contributed by atoms with E-state index in [0.29, 0.717) is 5.92 Å². The zero-order valence-electron chi connectivity index (χ0n) is 6.51. The van der Waals surface area contributed by atoms with E-state index in [2.05, 4.69) is 18.8 Å². The van der Waals surface area contributed by atoms with E-state index in [1.165, 1.54) is 5.69 Å². The van der Waals surface area contributed by atoms with Gasteiger partial charge in [-0.1, -0.05) is 13.8 Å². The van der Waals surface area contributed by atoms with E-state index in [1.807, 2.05) is 17.8 Å². The fraction of sp³-hybridized carbons (Fsp3) is 0.571. The van der Waals surface area contributed by atoms with Crippen molar-refractivity contribution in [3.8, 4) is 0 Å². The van der Waals surface area contributed by atoms with E-state index in [9.17, 15) is 0 Å². The lowest BCUT2D eigenvalue weighted by Crippen LogP contribution is -1.97. The molecule has 0 amide bonds. The van der Waals surface area contributed by atoms with Crippen molar-refractivity contribution in [1.29, 1.82) is 0 Å². The first kappa shape index (κ1) is 7.54. The minimum Gasteiger partial charge on any atom is -0.337 e. The molecule has 1 heterocycles. The van der Waals surface area contributed by atoms with Crippen molar-refractivity contribution in [2.45, 2.75) is 19.8 Å². The maximum atomic E-state index is 5.00. The van der Waals surface area contributed by atoms with Crippen LogP contribution >= 0.6 is 12.2 Å². The third-order valence-electron chi connectivity index (χ3n) is 1.63. The largest absolute Gasteiger partial charge is 0.337 e. The van der Waals surface area contributed by atoms with Gasteiger partial charge in [-0.3, -0.25) is 0 Å². The van der Waals surface area contributed by atoms with Gasteiger partial charge in [0, 0.05) is 18.9 Å². The van der Waals surface area contributed by atoms with Crippen LogP contribution in [0.25, 0.3) is 0 Å². The van der Waals surface area contributed by atoms with Gasteiger partial charge in [0.2, 0.25) is 0 Å². The third kappa shape index (κ3) is 1.14. The highest BCUT2D eigenvalue weighted by Gasteiger charge is 2.02. The van der Waals surface area contributed by atoms with Crippen molar-refractivity contribution in [2.24, 2.45) is 7.05 Å². The molecule has 0 atom stereocenters. The molecule has 10 heavy (non-hydrogen) atoms. The highest BCUT2D eigenvalue weighted by Crippen LogP contribution is 2.11. The van der Waals surface area contributed by atoms with E-state index < -0.39 is 0 Å². The third-order valence-corrected chi connectivity index (χ3v) is 2.02. The maximum absolute atomic E-state index is 5.00. The first-order valence-corrected chi connectivity index (χ1v) is 3.78. The quantitative estimate of drug-likeness (QED) is 0.618. The summed E-state index contributed by atoms with van der Waals surface area (Å²) in [5.41, 5.74) is 1.25. The van der Waals surface area contributed by atoms with Gasteiger partial charge in [-0.2, -0.15) is 0 Å². The van der Waals surface area contributed by atoms with Crippen LogP contribution in [0, 0.1) is 4.77 Å². The van der Waals surface area contributed by atoms with Crippen molar-refractivity contribution in [1.82, 2.24) is 9.55 Å². The van der Waals surface area contributed by atoms with Gasteiger partial charge in [0.15, 0.2) is 4.77 Å². The Labute approximate surface area is 65.9 Å². The number of imidazole rings is 1. The molecule has 0 bridgehead atoms. The van der Waals surface area contributed by atoms with Gasteiger partial charge in [0.05, 0.1) is 0 Å². The van der Waals surface area contributed by atoms with Gasteiger partial charge >= 0.3 is 0 Å². The Balaban J connectivity index is 3.18. The molecule has 0 saturated carbocycles. The Kier molecular flexibility index (Phi) is 1.94. The SMILES string of the molecule is CC(C)c1c[nH]c(=S)n1C. The van der Waals surface area contributed by atoms with Crippen molar-refractivity contribution in [2.75, 3.05) is 0 Å².